The molecular weight excluding hydrogens is 370 g/mol. The Bertz CT molecular complexity index is 859. The normalized spacial score (nSPS) is 15.6. The molecule has 1 amide bonds. The number of sulfonamides is 1. The largest absolute Gasteiger partial charge is 0.474 e. The van der Waals surface area contributed by atoms with Gasteiger partial charge >= 0.3 is 0 Å². The summed E-state index contributed by atoms with van der Waals surface area (Å²) in [6.07, 6.45) is 9.09. The lowest BCUT2D eigenvalue weighted by Gasteiger charge is -2.32. The van der Waals surface area contributed by atoms with Crippen molar-refractivity contribution in [3.8, 4) is 5.88 Å². The van der Waals surface area contributed by atoms with Gasteiger partial charge in [0, 0.05) is 51.4 Å². The zero-order chi connectivity index (χ0) is 19.4. The highest BCUT2D eigenvalue weighted by molar-refractivity contribution is 7.92. The van der Waals surface area contributed by atoms with Gasteiger partial charge in [-0.1, -0.05) is 0 Å². The number of piperidine rings is 1. The first-order valence-electron chi connectivity index (χ1n) is 8.63. The van der Waals surface area contributed by atoms with E-state index in [1.807, 2.05) is 4.90 Å². The molecule has 3 heterocycles. The first-order valence-corrected chi connectivity index (χ1v) is 10.5. The van der Waals surface area contributed by atoms with E-state index in [9.17, 15) is 13.2 Å². The molecule has 1 aliphatic rings. The van der Waals surface area contributed by atoms with Crippen LogP contribution in [-0.2, 0) is 21.4 Å². The van der Waals surface area contributed by atoms with Gasteiger partial charge in [-0.3, -0.25) is 9.10 Å². The number of nitrogens with zero attached hydrogens (tertiary/aromatic N) is 5. The van der Waals surface area contributed by atoms with Crippen molar-refractivity contribution in [1.29, 1.82) is 0 Å². The number of carbonyl (C=O) groups is 1. The van der Waals surface area contributed by atoms with Gasteiger partial charge in [-0.15, -0.1) is 0 Å². The molecule has 0 saturated carbocycles. The molecule has 0 radical (unpaired) electrons. The summed E-state index contributed by atoms with van der Waals surface area (Å²) in [7, 11) is -1.84. The highest BCUT2D eigenvalue weighted by Crippen LogP contribution is 2.21. The number of hydrogen-bond donors (Lipinski definition) is 0. The molecule has 0 unspecified atom stereocenters. The van der Waals surface area contributed by atoms with E-state index in [4.69, 9.17) is 4.74 Å². The van der Waals surface area contributed by atoms with Crippen molar-refractivity contribution >= 4 is 21.6 Å². The third-order valence-corrected chi connectivity index (χ3v) is 5.75. The Morgan fingerprint density at radius 1 is 1.33 bits per heavy atom. The number of likely N-dealkylation sites (tertiary alicyclic amines) is 1. The Morgan fingerprint density at radius 2 is 2.07 bits per heavy atom. The van der Waals surface area contributed by atoms with Crippen molar-refractivity contribution in [2.24, 2.45) is 0 Å². The number of aromatic nitrogens is 3. The summed E-state index contributed by atoms with van der Waals surface area (Å²) >= 11 is 0. The molecule has 0 atom stereocenters. The van der Waals surface area contributed by atoms with Crippen molar-refractivity contribution in [3.05, 3.63) is 37.1 Å². The Morgan fingerprint density at radius 3 is 2.63 bits per heavy atom. The number of hydrogen-bond acceptors (Lipinski definition) is 6. The lowest BCUT2D eigenvalue weighted by molar-refractivity contribution is -0.133. The first kappa shape index (κ1) is 19.2. The minimum absolute atomic E-state index is 0.0201. The van der Waals surface area contributed by atoms with Crippen molar-refractivity contribution in [1.82, 2.24) is 19.4 Å². The van der Waals surface area contributed by atoms with Gasteiger partial charge in [0.05, 0.1) is 24.5 Å². The Hall–Kier alpha value is -2.62. The summed E-state index contributed by atoms with van der Waals surface area (Å²) in [4.78, 5) is 22.2. The van der Waals surface area contributed by atoms with E-state index in [2.05, 4.69) is 9.97 Å². The molecule has 1 aliphatic heterocycles. The summed E-state index contributed by atoms with van der Waals surface area (Å²) in [5, 5.41) is 0. The van der Waals surface area contributed by atoms with E-state index in [-0.39, 0.29) is 12.0 Å². The van der Waals surface area contributed by atoms with Crippen molar-refractivity contribution in [2.75, 3.05) is 30.7 Å². The molecule has 0 bridgehead atoms. The van der Waals surface area contributed by atoms with Crippen molar-refractivity contribution in [2.45, 2.75) is 25.5 Å². The number of carbonyl (C=O) groups excluding carboxylic acids is 1. The monoisotopic (exact) mass is 393 g/mol. The van der Waals surface area contributed by atoms with E-state index >= 15 is 0 Å². The maximum atomic E-state index is 12.3. The quantitative estimate of drug-likeness (QED) is 0.718. The van der Waals surface area contributed by atoms with Crippen molar-refractivity contribution < 1.29 is 17.9 Å². The summed E-state index contributed by atoms with van der Waals surface area (Å²) in [6, 6.07) is 3.32. The minimum Gasteiger partial charge on any atom is -0.474 e. The standard InChI is InChI=1S/C17H23N5O4S/c1-20(27(2,24)25)14-3-4-16(19-11-14)26-15-5-8-22(9-6-15)17(23)12-21-10-7-18-13-21/h3-4,7,10-11,13,15H,5-6,8-9,12H2,1-2H3. The van der Waals surface area contributed by atoms with Crippen LogP contribution in [0.4, 0.5) is 5.69 Å². The van der Waals surface area contributed by atoms with E-state index in [1.54, 1.807) is 35.4 Å². The number of anilines is 1. The van der Waals surface area contributed by atoms with Crippen molar-refractivity contribution in [3.63, 3.8) is 0 Å². The Labute approximate surface area is 158 Å². The van der Waals surface area contributed by atoms with Crippen LogP contribution in [0.3, 0.4) is 0 Å². The van der Waals surface area contributed by atoms with Crippen LogP contribution in [0.1, 0.15) is 12.8 Å². The fraction of sp³-hybridized carbons (Fsp3) is 0.471. The molecule has 9 nitrogen and oxygen atoms in total. The molecule has 2 aromatic heterocycles. The Kier molecular flexibility index (Phi) is 5.64. The van der Waals surface area contributed by atoms with Gasteiger partial charge in [0.2, 0.25) is 21.8 Å². The number of amides is 1. The van der Waals surface area contributed by atoms with E-state index < -0.39 is 10.0 Å². The molecule has 3 rings (SSSR count). The molecule has 0 aromatic carbocycles. The molecule has 0 spiro atoms. The zero-order valence-electron chi connectivity index (χ0n) is 15.4. The van der Waals surface area contributed by atoms with Crippen LogP contribution < -0.4 is 9.04 Å². The van der Waals surface area contributed by atoms with Gasteiger partial charge in [-0.2, -0.15) is 0 Å². The minimum atomic E-state index is -3.32. The van der Waals surface area contributed by atoms with Crippen LogP contribution in [0.15, 0.2) is 37.1 Å². The number of pyridine rings is 1. The van der Waals surface area contributed by atoms with Gasteiger partial charge in [-0.25, -0.2) is 18.4 Å². The topological polar surface area (TPSA) is 97.6 Å². The summed E-state index contributed by atoms with van der Waals surface area (Å²) < 4.78 is 31.9. The van der Waals surface area contributed by atoms with Crippen LogP contribution >= 0.6 is 0 Å². The van der Waals surface area contributed by atoms with Crippen LogP contribution in [0, 0.1) is 0 Å². The number of rotatable bonds is 6. The lowest BCUT2D eigenvalue weighted by Crippen LogP contribution is -2.43. The fourth-order valence-corrected chi connectivity index (χ4v) is 3.34. The molecule has 0 N–H and O–H groups in total. The average Bonchev–Trinajstić information content (AvgIpc) is 3.14. The van der Waals surface area contributed by atoms with E-state index in [0.29, 0.717) is 31.2 Å². The third-order valence-electron chi connectivity index (χ3n) is 4.54. The molecule has 0 aliphatic carbocycles. The predicted octanol–water partition coefficient (Wildman–Crippen LogP) is 0.744. The van der Waals surface area contributed by atoms with E-state index in [0.717, 1.165) is 23.4 Å². The average molecular weight is 393 g/mol. The zero-order valence-corrected chi connectivity index (χ0v) is 16.2. The van der Waals surface area contributed by atoms with Crippen LogP contribution in [0.25, 0.3) is 0 Å². The maximum Gasteiger partial charge on any atom is 0.242 e. The van der Waals surface area contributed by atoms with Gasteiger partial charge in [0.25, 0.3) is 0 Å². The molecule has 10 heteroatoms. The SMILES string of the molecule is CN(c1ccc(OC2CCN(C(=O)Cn3ccnc3)CC2)nc1)S(C)(=O)=O. The summed E-state index contributed by atoms with van der Waals surface area (Å²) in [5.41, 5.74) is 0.477. The van der Waals surface area contributed by atoms with Crippen LogP contribution in [0.2, 0.25) is 0 Å². The smallest absolute Gasteiger partial charge is 0.242 e. The fourth-order valence-electron chi connectivity index (χ4n) is 2.85. The summed E-state index contributed by atoms with van der Waals surface area (Å²) in [5.74, 6) is 0.515. The molecule has 1 saturated heterocycles. The van der Waals surface area contributed by atoms with Gasteiger partial charge in [0.15, 0.2) is 0 Å². The third kappa shape index (κ3) is 4.97. The maximum absolute atomic E-state index is 12.3. The number of ether oxygens (including phenoxy) is 1. The molecular formula is C17H23N5O4S. The first-order chi connectivity index (χ1) is 12.8. The molecule has 2 aromatic rings. The lowest BCUT2D eigenvalue weighted by atomic mass is 10.1. The summed E-state index contributed by atoms with van der Waals surface area (Å²) in [6.45, 7) is 1.56. The van der Waals surface area contributed by atoms with Gasteiger partial charge in [0.1, 0.15) is 12.6 Å². The second-order valence-electron chi connectivity index (χ2n) is 6.52. The second-order valence-corrected chi connectivity index (χ2v) is 8.53. The number of imidazole rings is 1. The van der Waals surface area contributed by atoms with Crippen LogP contribution in [-0.4, -0.2) is 66.3 Å². The predicted molar refractivity (Wildman–Crippen MR) is 99.9 cm³/mol. The molecule has 146 valence electrons. The molecule has 27 heavy (non-hydrogen) atoms. The second kappa shape index (κ2) is 7.95. The van der Waals surface area contributed by atoms with Crippen LogP contribution in [0.5, 0.6) is 5.88 Å². The Balaban J connectivity index is 1.49. The molecule has 1 fully saturated rings. The van der Waals surface area contributed by atoms with E-state index in [1.165, 1.54) is 13.2 Å². The highest BCUT2D eigenvalue weighted by atomic mass is 32.2. The van der Waals surface area contributed by atoms with Gasteiger partial charge in [-0.05, 0) is 6.07 Å². The highest BCUT2D eigenvalue weighted by Gasteiger charge is 2.24. The van der Waals surface area contributed by atoms with Gasteiger partial charge < -0.3 is 14.2 Å².